The van der Waals surface area contributed by atoms with E-state index >= 15 is 0 Å². The molecule has 0 saturated carbocycles. The Morgan fingerprint density at radius 2 is 2.14 bits per heavy atom. The molecule has 0 spiro atoms. The van der Waals surface area contributed by atoms with Gasteiger partial charge in [0.05, 0.1) is 12.0 Å². The molecule has 21 heavy (non-hydrogen) atoms. The van der Waals surface area contributed by atoms with Crippen LogP contribution in [0.3, 0.4) is 0 Å². The Morgan fingerprint density at radius 1 is 1.38 bits per heavy atom. The Labute approximate surface area is 119 Å². The van der Waals surface area contributed by atoms with Crippen LogP contribution < -0.4 is 20.7 Å². The van der Waals surface area contributed by atoms with Gasteiger partial charge < -0.3 is 14.9 Å². The van der Waals surface area contributed by atoms with Crippen molar-refractivity contribution in [1.29, 1.82) is 0 Å². The summed E-state index contributed by atoms with van der Waals surface area (Å²) in [5, 5.41) is 11.1. The van der Waals surface area contributed by atoms with Crippen LogP contribution in [0.5, 0.6) is 17.4 Å². The van der Waals surface area contributed by atoms with Gasteiger partial charge in [-0.2, -0.15) is 4.98 Å². The molecule has 0 amide bonds. The number of nitrogens with zero attached hydrogens (tertiary/aromatic N) is 3. The van der Waals surface area contributed by atoms with Crippen LogP contribution in [-0.2, 0) is 0 Å². The van der Waals surface area contributed by atoms with Crippen LogP contribution in [0, 0.1) is 17.0 Å². The number of nitro groups is 1. The number of hydrogen-bond acceptors (Lipinski definition) is 8. The van der Waals surface area contributed by atoms with E-state index < -0.39 is 4.92 Å². The zero-order valence-electron chi connectivity index (χ0n) is 11.4. The second-order valence-corrected chi connectivity index (χ2v) is 3.99. The Morgan fingerprint density at radius 3 is 2.76 bits per heavy atom. The topological polar surface area (TPSA) is 125 Å². The summed E-state index contributed by atoms with van der Waals surface area (Å²) in [5.74, 6) is 5.74. The minimum Gasteiger partial charge on any atom is -0.489 e. The maximum atomic E-state index is 11.1. The molecule has 0 saturated heterocycles. The predicted octanol–water partition coefficient (Wildman–Crippen LogP) is 1.78. The van der Waals surface area contributed by atoms with E-state index in [1.807, 2.05) is 0 Å². The first-order valence-corrected chi connectivity index (χ1v) is 5.86. The molecule has 0 aliphatic heterocycles. The van der Waals surface area contributed by atoms with Gasteiger partial charge in [-0.3, -0.25) is 10.1 Å². The number of anilines is 1. The van der Waals surface area contributed by atoms with Gasteiger partial charge in [-0.05, 0) is 13.0 Å². The Bertz CT molecular complexity index is 677. The largest absolute Gasteiger partial charge is 0.489 e. The number of nitrogens with one attached hydrogen (secondary N) is 1. The molecule has 0 aliphatic carbocycles. The van der Waals surface area contributed by atoms with Gasteiger partial charge in [0.15, 0.2) is 5.82 Å². The molecule has 1 heterocycles. The lowest BCUT2D eigenvalue weighted by molar-refractivity contribution is -0.386. The summed E-state index contributed by atoms with van der Waals surface area (Å²) in [5.41, 5.74) is 2.67. The minimum absolute atomic E-state index is 0.0224. The minimum atomic E-state index is -0.513. The number of para-hydroxylation sites is 1. The fourth-order valence-corrected chi connectivity index (χ4v) is 1.77. The second-order valence-electron chi connectivity index (χ2n) is 3.99. The summed E-state index contributed by atoms with van der Waals surface area (Å²) in [6.45, 7) is 1.62. The van der Waals surface area contributed by atoms with Crippen molar-refractivity contribution in [2.24, 2.45) is 5.84 Å². The van der Waals surface area contributed by atoms with Crippen molar-refractivity contribution >= 4 is 11.5 Å². The fourth-order valence-electron chi connectivity index (χ4n) is 1.77. The molecule has 0 aliphatic rings. The Hall–Kier alpha value is -2.94. The van der Waals surface area contributed by atoms with Gasteiger partial charge in [-0.25, -0.2) is 10.8 Å². The van der Waals surface area contributed by atoms with E-state index in [-0.39, 0.29) is 28.9 Å². The third-order valence-corrected chi connectivity index (χ3v) is 2.70. The fraction of sp³-hybridized carbons (Fsp3) is 0.167. The molecule has 1 aromatic carbocycles. The van der Waals surface area contributed by atoms with Gasteiger partial charge in [-0.1, -0.05) is 12.1 Å². The number of hydrazine groups is 1. The smallest absolute Gasteiger partial charge is 0.314 e. The highest BCUT2D eigenvalue weighted by Gasteiger charge is 2.21. The van der Waals surface area contributed by atoms with Crippen LogP contribution in [0.2, 0.25) is 0 Å². The van der Waals surface area contributed by atoms with Crippen LogP contribution in [0.4, 0.5) is 11.5 Å². The quantitative estimate of drug-likeness (QED) is 0.485. The number of aromatic nitrogens is 2. The van der Waals surface area contributed by atoms with Crippen molar-refractivity contribution in [2.75, 3.05) is 12.5 Å². The number of rotatable bonds is 5. The van der Waals surface area contributed by atoms with E-state index in [1.165, 1.54) is 19.5 Å². The number of nitrogen functional groups attached to an aromatic ring is 1. The molecule has 3 N–H and O–H groups in total. The lowest BCUT2D eigenvalue weighted by Gasteiger charge is -2.12. The molecule has 0 fully saturated rings. The van der Waals surface area contributed by atoms with Gasteiger partial charge in [0.2, 0.25) is 11.5 Å². The maximum absolute atomic E-state index is 11.1. The van der Waals surface area contributed by atoms with Crippen molar-refractivity contribution < 1.29 is 14.4 Å². The lowest BCUT2D eigenvalue weighted by atomic mass is 10.2. The number of hydrogen-bond donors (Lipinski definition) is 2. The summed E-state index contributed by atoms with van der Waals surface area (Å²) in [4.78, 5) is 18.4. The first kappa shape index (κ1) is 14.5. The van der Waals surface area contributed by atoms with Gasteiger partial charge in [0, 0.05) is 5.56 Å². The van der Waals surface area contributed by atoms with E-state index in [9.17, 15) is 10.1 Å². The number of aryl methyl sites for hydroxylation is 1. The van der Waals surface area contributed by atoms with Gasteiger partial charge in [0.1, 0.15) is 6.33 Å². The van der Waals surface area contributed by atoms with E-state index in [0.29, 0.717) is 5.56 Å². The Balaban J connectivity index is 2.49. The number of nitrogens with two attached hydrogens (primary N) is 1. The maximum Gasteiger partial charge on any atom is 0.314 e. The average Bonchev–Trinajstić information content (AvgIpc) is 2.46. The summed E-state index contributed by atoms with van der Waals surface area (Å²) < 4.78 is 10.6. The SMILES string of the molecule is COc1c(NN)ncnc1Oc1cccc(C)c1[N+](=O)[O-]. The molecule has 0 unspecified atom stereocenters. The summed E-state index contributed by atoms with van der Waals surface area (Å²) >= 11 is 0. The zero-order valence-corrected chi connectivity index (χ0v) is 11.4. The highest BCUT2D eigenvalue weighted by molar-refractivity contribution is 5.58. The molecule has 9 heteroatoms. The van der Waals surface area contributed by atoms with E-state index in [4.69, 9.17) is 15.3 Å². The Kier molecular flexibility index (Phi) is 4.14. The van der Waals surface area contributed by atoms with E-state index in [2.05, 4.69) is 15.4 Å². The van der Waals surface area contributed by atoms with Crippen molar-refractivity contribution in [3.8, 4) is 17.4 Å². The number of benzene rings is 1. The molecule has 2 rings (SSSR count). The van der Waals surface area contributed by atoms with Crippen molar-refractivity contribution in [3.05, 3.63) is 40.2 Å². The number of ether oxygens (including phenoxy) is 2. The van der Waals surface area contributed by atoms with Crippen molar-refractivity contribution in [2.45, 2.75) is 6.92 Å². The van der Waals surface area contributed by atoms with E-state index in [0.717, 1.165) is 0 Å². The van der Waals surface area contributed by atoms with Crippen molar-refractivity contribution in [1.82, 2.24) is 9.97 Å². The van der Waals surface area contributed by atoms with Crippen LogP contribution in [-0.4, -0.2) is 22.0 Å². The first-order chi connectivity index (χ1) is 10.1. The summed E-state index contributed by atoms with van der Waals surface area (Å²) in [7, 11) is 1.39. The van der Waals surface area contributed by atoms with Crippen LogP contribution in [0.1, 0.15) is 5.56 Å². The third-order valence-electron chi connectivity index (χ3n) is 2.70. The molecule has 0 atom stereocenters. The van der Waals surface area contributed by atoms with Crippen LogP contribution >= 0.6 is 0 Å². The molecular weight excluding hydrogens is 278 g/mol. The summed E-state index contributed by atoms with van der Waals surface area (Å²) in [6.07, 6.45) is 1.20. The molecule has 0 radical (unpaired) electrons. The predicted molar refractivity (Wildman–Crippen MR) is 74.3 cm³/mol. The molecule has 9 nitrogen and oxygen atoms in total. The van der Waals surface area contributed by atoms with Gasteiger partial charge in [0.25, 0.3) is 5.88 Å². The molecule has 110 valence electrons. The molecule has 2 aromatic rings. The normalized spacial score (nSPS) is 10.0. The molecular formula is C12H13N5O4. The van der Waals surface area contributed by atoms with Gasteiger partial charge in [-0.15, -0.1) is 0 Å². The van der Waals surface area contributed by atoms with Crippen LogP contribution in [0.15, 0.2) is 24.5 Å². The number of methoxy groups -OCH3 is 1. The van der Waals surface area contributed by atoms with Gasteiger partial charge >= 0.3 is 5.69 Å². The lowest BCUT2D eigenvalue weighted by Crippen LogP contribution is -2.11. The zero-order chi connectivity index (χ0) is 15.4. The molecule has 1 aromatic heterocycles. The highest BCUT2D eigenvalue weighted by atomic mass is 16.6. The standard InChI is InChI=1S/C12H13N5O4/c1-7-4-3-5-8(9(7)17(18)19)21-12-10(20-2)11(16-13)14-6-15-12/h3-6H,13H2,1-2H3,(H,14,15,16). The average molecular weight is 291 g/mol. The third kappa shape index (κ3) is 2.82. The molecule has 0 bridgehead atoms. The van der Waals surface area contributed by atoms with Crippen LogP contribution in [0.25, 0.3) is 0 Å². The van der Waals surface area contributed by atoms with Crippen molar-refractivity contribution in [3.63, 3.8) is 0 Å². The van der Waals surface area contributed by atoms with E-state index in [1.54, 1.807) is 19.1 Å². The second kappa shape index (κ2) is 6.01. The monoisotopic (exact) mass is 291 g/mol. The summed E-state index contributed by atoms with van der Waals surface area (Å²) in [6, 6.07) is 4.74. The number of nitro benzene ring substituents is 1. The highest BCUT2D eigenvalue weighted by Crippen LogP contribution is 2.38. The first-order valence-electron chi connectivity index (χ1n) is 5.86.